The van der Waals surface area contributed by atoms with Crippen molar-refractivity contribution in [2.45, 2.75) is 28.2 Å². The minimum atomic E-state index is -0.837. The van der Waals surface area contributed by atoms with Crippen molar-refractivity contribution in [1.82, 2.24) is 0 Å². The predicted octanol–water partition coefficient (Wildman–Crippen LogP) is 16.7. The van der Waals surface area contributed by atoms with Crippen molar-refractivity contribution in [3.63, 3.8) is 0 Å². The molecule has 0 aliphatic carbocycles. The third kappa shape index (κ3) is 19.3. The van der Waals surface area contributed by atoms with E-state index in [0.717, 1.165) is 86.8 Å². The van der Waals surface area contributed by atoms with E-state index in [4.69, 9.17) is 23.7 Å². The summed E-state index contributed by atoms with van der Waals surface area (Å²) in [5, 5.41) is 0. The van der Waals surface area contributed by atoms with Gasteiger partial charge in [-0.15, -0.1) is 0 Å². The Labute approximate surface area is 488 Å². The maximum absolute atomic E-state index is 11.4. The molecule has 0 spiro atoms. The Hall–Kier alpha value is -10.6. The van der Waals surface area contributed by atoms with Gasteiger partial charge in [0.05, 0.1) is 11.1 Å². The van der Waals surface area contributed by atoms with Gasteiger partial charge in [0.15, 0.2) is 0 Å². The van der Waals surface area contributed by atoms with Crippen LogP contribution in [0.5, 0.6) is 11.5 Å². The molecule has 0 radical (unpaired) electrons. The summed E-state index contributed by atoms with van der Waals surface area (Å²) in [6.45, 7) is 18.3. The van der Waals surface area contributed by atoms with Crippen molar-refractivity contribution < 1.29 is 47.7 Å². The minimum Gasteiger partial charge on any atom is -0.462 e. The molecule has 0 unspecified atom stereocenters. The molecule has 0 heterocycles. The second-order valence-electron chi connectivity index (χ2n) is 17.7. The maximum Gasteiger partial charge on any atom is 0.335 e. The van der Waals surface area contributed by atoms with E-state index in [1.165, 1.54) is 0 Å². The molecule has 0 bridgehead atoms. The van der Waals surface area contributed by atoms with Gasteiger partial charge in [-0.1, -0.05) is 182 Å². The second kappa shape index (κ2) is 33.8. The molecule has 8 rings (SSSR count). The molecular weight excluding hydrogens is 1040 g/mol. The first kappa shape index (κ1) is 64.9. The fourth-order valence-corrected chi connectivity index (χ4v) is 7.91. The molecule has 0 amide bonds. The lowest BCUT2D eigenvalue weighted by Gasteiger charge is -2.30. The molecule has 0 fully saturated rings. The first-order valence-electron chi connectivity index (χ1n) is 25.7. The Morgan fingerprint density at radius 1 is 0.361 bits per heavy atom. The van der Waals surface area contributed by atoms with Gasteiger partial charge in [0.25, 0.3) is 0 Å². The SMILES string of the molecule is C.C.C=CC(=O)OCC(CC)(COC(=O)C=C)COC(=O)C=C.C=CC(=O)Oc1ccc(-c2ccc(N(c3ccccc3)c3ccccc3)cc2)cc1.C=CC(=O)Oc1ccc(-c2ccccc2N(c2ccccc2)c2ccccc2)cc1. The minimum absolute atomic E-state index is 0. The van der Waals surface area contributed by atoms with Crippen LogP contribution in [0.4, 0.5) is 34.1 Å². The largest absolute Gasteiger partial charge is 0.462 e. The highest BCUT2D eigenvalue weighted by atomic mass is 16.6. The van der Waals surface area contributed by atoms with E-state index in [9.17, 15) is 24.0 Å². The van der Waals surface area contributed by atoms with E-state index in [0.29, 0.717) is 17.9 Å². The average molecular weight is 1110 g/mol. The monoisotopic (exact) mass is 1110 g/mol. The van der Waals surface area contributed by atoms with E-state index in [1.807, 2.05) is 109 Å². The summed E-state index contributed by atoms with van der Waals surface area (Å²) in [7, 11) is 0. The van der Waals surface area contributed by atoms with Gasteiger partial charge >= 0.3 is 29.8 Å². The molecule has 0 saturated heterocycles. The molecule has 0 N–H and O–H groups in total. The lowest BCUT2D eigenvalue weighted by atomic mass is 9.88. The van der Waals surface area contributed by atoms with Crippen molar-refractivity contribution >= 4 is 64.0 Å². The zero-order valence-electron chi connectivity index (χ0n) is 45.0. The number of anilines is 6. The van der Waals surface area contributed by atoms with E-state index in [-0.39, 0.29) is 34.7 Å². The van der Waals surface area contributed by atoms with Crippen molar-refractivity contribution in [2.75, 3.05) is 29.6 Å². The number of carbonyl (C=O) groups excluding carboxylic acids is 5. The highest BCUT2D eigenvalue weighted by Gasteiger charge is 2.33. The van der Waals surface area contributed by atoms with Gasteiger partial charge in [-0.05, 0) is 114 Å². The third-order valence-corrected chi connectivity index (χ3v) is 12.3. The molecule has 0 aromatic heterocycles. The van der Waals surface area contributed by atoms with Gasteiger partial charge < -0.3 is 33.5 Å². The van der Waals surface area contributed by atoms with E-state index >= 15 is 0 Å². The van der Waals surface area contributed by atoms with Crippen LogP contribution in [0.3, 0.4) is 0 Å². The molecular formula is C71H70N2O10. The number of hydrogen-bond acceptors (Lipinski definition) is 12. The number of ether oxygens (including phenoxy) is 5. The van der Waals surface area contributed by atoms with Crippen LogP contribution in [-0.2, 0) is 38.2 Å². The first-order valence-corrected chi connectivity index (χ1v) is 25.7. The van der Waals surface area contributed by atoms with Gasteiger partial charge in [0.1, 0.15) is 31.3 Å². The van der Waals surface area contributed by atoms with Crippen LogP contribution in [0, 0.1) is 5.41 Å². The standard InChI is InChI=1S/2C27H21NO2.C15H20O6.2CH4/c1-2-27(29)30-24-19-17-21(18-20-24)25-15-9-10-16-26(25)28(22-11-5-3-6-12-22)23-13-7-4-8-14-23;1-2-27(29)30-26-19-15-22(16-20-26)21-13-17-25(18-14-21)28(23-9-5-3-6-10-23)24-11-7-4-8-12-24;1-5-12(16)19-9-15(8-4,10-20-13(17)6-2)11-21-14(18)7-3;;/h2*2-20H,1H2;5-7H,1-3,8-11H2,4H3;2*1H4. The first-order chi connectivity index (χ1) is 39.4. The Bertz CT molecular complexity index is 3230. The average Bonchev–Trinajstić information content (AvgIpc) is 3.65. The molecule has 8 aromatic carbocycles. The number of benzene rings is 8. The highest BCUT2D eigenvalue weighted by Crippen LogP contribution is 2.41. The van der Waals surface area contributed by atoms with Crippen LogP contribution in [-0.4, -0.2) is 49.7 Å². The molecule has 83 heavy (non-hydrogen) atoms. The zero-order chi connectivity index (χ0) is 57.8. The van der Waals surface area contributed by atoms with Crippen LogP contribution in [0.2, 0.25) is 0 Å². The number of esters is 5. The van der Waals surface area contributed by atoms with Crippen molar-refractivity contribution in [2.24, 2.45) is 5.41 Å². The second-order valence-corrected chi connectivity index (χ2v) is 17.7. The van der Waals surface area contributed by atoms with Crippen molar-refractivity contribution in [3.8, 4) is 33.8 Å². The molecule has 424 valence electrons. The van der Waals surface area contributed by atoms with Crippen LogP contribution in [0.25, 0.3) is 22.3 Å². The smallest absolute Gasteiger partial charge is 0.335 e. The van der Waals surface area contributed by atoms with Crippen molar-refractivity contribution in [3.05, 3.63) is 282 Å². The number of nitrogens with zero attached hydrogens (tertiary/aromatic N) is 2. The predicted molar refractivity (Wildman–Crippen MR) is 334 cm³/mol. The Kier molecular flexibility index (Phi) is 26.4. The topological polar surface area (TPSA) is 138 Å². The summed E-state index contributed by atoms with van der Waals surface area (Å²) in [5.41, 5.74) is 9.89. The van der Waals surface area contributed by atoms with Gasteiger partial charge in [-0.25, -0.2) is 24.0 Å². The number of para-hydroxylation sites is 5. The van der Waals surface area contributed by atoms with Gasteiger partial charge in [0.2, 0.25) is 0 Å². The lowest BCUT2D eigenvalue weighted by Crippen LogP contribution is -2.38. The summed E-state index contributed by atoms with van der Waals surface area (Å²) < 4.78 is 25.3. The summed E-state index contributed by atoms with van der Waals surface area (Å²) >= 11 is 0. The van der Waals surface area contributed by atoms with Gasteiger partial charge in [-0.3, -0.25) is 0 Å². The number of hydrogen-bond donors (Lipinski definition) is 0. The van der Waals surface area contributed by atoms with Crippen LogP contribution >= 0.6 is 0 Å². The fourth-order valence-electron chi connectivity index (χ4n) is 7.91. The van der Waals surface area contributed by atoms with E-state index in [1.54, 1.807) is 31.2 Å². The molecule has 0 saturated carbocycles. The molecule has 12 nitrogen and oxygen atoms in total. The van der Waals surface area contributed by atoms with Crippen LogP contribution < -0.4 is 19.3 Å². The molecule has 12 heteroatoms. The molecule has 8 aromatic rings. The summed E-state index contributed by atoms with van der Waals surface area (Å²) in [4.78, 5) is 60.8. The Balaban J connectivity index is 0.000000270. The van der Waals surface area contributed by atoms with Crippen LogP contribution in [0.15, 0.2) is 282 Å². The third-order valence-electron chi connectivity index (χ3n) is 12.3. The lowest BCUT2D eigenvalue weighted by molar-refractivity contribution is -0.156. The molecule has 0 aliphatic rings. The quantitative estimate of drug-likeness (QED) is 0.0276. The van der Waals surface area contributed by atoms with Gasteiger partial charge in [0, 0.05) is 64.4 Å². The van der Waals surface area contributed by atoms with Gasteiger partial charge in [-0.2, -0.15) is 0 Å². The van der Waals surface area contributed by atoms with Crippen molar-refractivity contribution in [1.29, 1.82) is 0 Å². The zero-order valence-corrected chi connectivity index (χ0v) is 45.0. The number of carbonyl (C=O) groups is 5. The maximum atomic E-state index is 11.4. The van der Waals surface area contributed by atoms with E-state index < -0.39 is 35.3 Å². The molecule has 0 atom stereocenters. The van der Waals surface area contributed by atoms with E-state index in [2.05, 4.69) is 128 Å². The van der Waals surface area contributed by atoms with Crippen LogP contribution in [0.1, 0.15) is 28.2 Å². The summed E-state index contributed by atoms with van der Waals surface area (Å²) in [6, 6.07) is 72.8. The Morgan fingerprint density at radius 3 is 0.988 bits per heavy atom. The summed E-state index contributed by atoms with van der Waals surface area (Å²) in [5.74, 6) is -1.78. The summed E-state index contributed by atoms with van der Waals surface area (Å²) in [6.07, 6.45) is 5.81. The number of rotatable bonds is 22. The Morgan fingerprint density at radius 2 is 0.651 bits per heavy atom. The fraction of sp³-hybridized carbons (Fsp3) is 0.113. The normalized spacial score (nSPS) is 9.99. The highest BCUT2D eigenvalue weighted by molar-refractivity contribution is 5.89. The molecule has 0 aliphatic heterocycles.